The number of halogens is 1. The molecule has 0 aliphatic carbocycles. The number of thiophene rings is 1. The highest BCUT2D eigenvalue weighted by atomic mass is 79.9. The first kappa shape index (κ1) is 19.3. The molecule has 0 spiro atoms. The van der Waals surface area contributed by atoms with Crippen molar-refractivity contribution in [3.8, 4) is 0 Å². The van der Waals surface area contributed by atoms with Crippen molar-refractivity contribution in [3.05, 3.63) is 19.8 Å². The third kappa shape index (κ3) is 4.46. The van der Waals surface area contributed by atoms with E-state index in [-0.39, 0.29) is 5.91 Å². The molecule has 4 nitrogen and oxygen atoms in total. The fourth-order valence-electron chi connectivity index (χ4n) is 4.11. The molecule has 6 heteroatoms. The number of rotatable bonds is 3. The van der Waals surface area contributed by atoms with Gasteiger partial charge in [-0.2, -0.15) is 0 Å². The number of hydrogen-bond donors (Lipinski definition) is 0. The van der Waals surface area contributed by atoms with Gasteiger partial charge in [-0.25, -0.2) is 0 Å². The number of carbonyl (C=O) groups is 1. The largest absolute Gasteiger partial charge is 0.373 e. The van der Waals surface area contributed by atoms with Gasteiger partial charge in [-0.1, -0.05) is 0 Å². The number of hydrogen-bond acceptors (Lipinski definition) is 4. The van der Waals surface area contributed by atoms with Crippen molar-refractivity contribution in [1.82, 2.24) is 9.80 Å². The lowest BCUT2D eigenvalue weighted by Crippen LogP contribution is -2.48. The molecule has 1 amide bonds. The fourth-order valence-corrected chi connectivity index (χ4v) is 6.17. The van der Waals surface area contributed by atoms with Crippen LogP contribution in [0.25, 0.3) is 0 Å². The van der Waals surface area contributed by atoms with Crippen LogP contribution in [0, 0.1) is 19.8 Å². The zero-order chi connectivity index (χ0) is 18.1. The lowest BCUT2D eigenvalue weighted by atomic mass is 9.95. The van der Waals surface area contributed by atoms with Crippen LogP contribution in [0.2, 0.25) is 0 Å². The molecule has 0 saturated carbocycles. The highest BCUT2D eigenvalue weighted by molar-refractivity contribution is 9.11. The SMILES string of the molecule is Cc1sc(Br)c(C(=O)N2CCC(CN3CC(C)OC(C)C3)CC2)c1C. The number of ether oxygens (including phenoxy) is 1. The van der Waals surface area contributed by atoms with Gasteiger partial charge < -0.3 is 9.64 Å². The Kier molecular flexibility index (Phi) is 6.24. The molecule has 140 valence electrons. The predicted molar refractivity (Wildman–Crippen MR) is 107 cm³/mol. The summed E-state index contributed by atoms with van der Waals surface area (Å²) >= 11 is 5.24. The summed E-state index contributed by atoms with van der Waals surface area (Å²) in [6.45, 7) is 13.4. The second-order valence-corrected chi connectivity index (χ2v) is 10.2. The van der Waals surface area contributed by atoms with Gasteiger partial charge in [0.2, 0.25) is 0 Å². The van der Waals surface area contributed by atoms with Crippen LogP contribution in [0.4, 0.5) is 0 Å². The van der Waals surface area contributed by atoms with E-state index in [2.05, 4.69) is 48.5 Å². The summed E-state index contributed by atoms with van der Waals surface area (Å²) in [7, 11) is 0. The highest BCUT2D eigenvalue weighted by Crippen LogP contribution is 2.34. The van der Waals surface area contributed by atoms with Crippen LogP contribution >= 0.6 is 27.3 Å². The standard InChI is InChI=1S/C19H29BrN2O2S/c1-12-9-21(10-13(2)24-12)11-16-5-7-22(8-6-16)19(23)17-14(3)15(4)25-18(17)20/h12-13,16H,5-11H2,1-4H3. The van der Waals surface area contributed by atoms with Crippen LogP contribution in [0.15, 0.2) is 3.79 Å². The average molecular weight is 429 g/mol. The third-order valence-corrected chi connectivity index (χ3v) is 7.35. The van der Waals surface area contributed by atoms with Crippen molar-refractivity contribution in [1.29, 1.82) is 0 Å². The van der Waals surface area contributed by atoms with Crippen LogP contribution in [0.3, 0.4) is 0 Å². The van der Waals surface area contributed by atoms with Crippen molar-refractivity contribution < 1.29 is 9.53 Å². The molecule has 0 bridgehead atoms. The first-order valence-electron chi connectivity index (χ1n) is 9.27. The molecule has 1 aromatic heterocycles. The monoisotopic (exact) mass is 428 g/mol. The molecular formula is C19H29BrN2O2S. The maximum atomic E-state index is 12.9. The Balaban J connectivity index is 1.54. The molecule has 2 aliphatic heterocycles. The number of amides is 1. The summed E-state index contributed by atoms with van der Waals surface area (Å²) in [5.41, 5.74) is 2.00. The summed E-state index contributed by atoms with van der Waals surface area (Å²) in [6.07, 6.45) is 2.86. The van der Waals surface area contributed by atoms with Crippen LogP contribution in [0.1, 0.15) is 47.5 Å². The summed E-state index contributed by atoms with van der Waals surface area (Å²) in [5, 5.41) is 0. The predicted octanol–water partition coefficient (Wildman–Crippen LogP) is 4.09. The summed E-state index contributed by atoms with van der Waals surface area (Å²) in [6, 6.07) is 0. The average Bonchev–Trinajstić information content (AvgIpc) is 2.79. The molecule has 2 atom stereocenters. The number of piperidine rings is 1. The highest BCUT2D eigenvalue weighted by Gasteiger charge is 2.30. The van der Waals surface area contributed by atoms with E-state index in [1.54, 1.807) is 11.3 Å². The van der Waals surface area contributed by atoms with Crippen molar-refractivity contribution in [2.75, 3.05) is 32.7 Å². The molecular weight excluding hydrogens is 400 g/mol. The topological polar surface area (TPSA) is 32.8 Å². The van der Waals surface area contributed by atoms with Crippen molar-refractivity contribution >= 4 is 33.2 Å². The number of nitrogens with zero attached hydrogens (tertiary/aromatic N) is 2. The molecule has 0 aromatic carbocycles. The molecule has 2 unspecified atom stereocenters. The van der Waals surface area contributed by atoms with Gasteiger partial charge in [-0.15, -0.1) is 11.3 Å². The van der Waals surface area contributed by atoms with Crippen LogP contribution in [0.5, 0.6) is 0 Å². The van der Waals surface area contributed by atoms with E-state index in [1.807, 2.05) is 4.90 Å². The third-order valence-electron chi connectivity index (χ3n) is 5.47. The number of likely N-dealkylation sites (tertiary alicyclic amines) is 1. The van der Waals surface area contributed by atoms with Gasteiger partial charge in [0.1, 0.15) is 0 Å². The van der Waals surface area contributed by atoms with E-state index in [0.29, 0.717) is 18.1 Å². The van der Waals surface area contributed by atoms with Crippen LogP contribution in [-0.2, 0) is 4.74 Å². The van der Waals surface area contributed by atoms with Gasteiger partial charge in [0, 0.05) is 37.6 Å². The quantitative estimate of drug-likeness (QED) is 0.726. The van der Waals surface area contributed by atoms with Crippen molar-refractivity contribution in [2.24, 2.45) is 5.92 Å². The first-order chi connectivity index (χ1) is 11.8. The Bertz CT molecular complexity index is 615. The van der Waals surface area contributed by atoms with E-state index in [9.17, 15) is 4.79 Å². The minimum Gasteiger partial charge on any atom is -0.373 e. The molecule has 2 aliphatic rings. The lowest BCUT2D eigenvalue weighted by molar-refractivity contribution is -0.0728. The first-order valence-corrected chi connectivity index (χ1v) is 10.9. The Hall–Kier alpha value is -0.430. The molecule has 2 fully saturated rings. The maximum Gasteiger partial charge on any atom is 0.256 e. The van der Waals surface area contributed by atoms with E-state index in [4.69, 9.17) is 4.74 Å². The molecule has 3 heterocycles. The minimum absolute atomic E-state index is 0.195. The van der Waals surface area contributed by atoms with Crippen molar-refractivity contribution in [2.45, 2.75) is 52.7 Å². The maximum absolute atomic E-state index is 12.9. The van der Waals surface area contributed by atoms with Gasteiger partial charge in [-0.3, -0.25) is 9.69 Å². The van der Waals surface area contributed by atoms with E-state index in [0.717, 1.165) is 60.5 Å². The summed E-state index contributed by atoms with van der Waals surface area (Å²) in [4.78, 5) is 18.7. The van der Waals surface area contributed by atoms with Gasteiger partial charge >= 0.3 is 0 Å². The summed E-state index contributed by atoms with van der Waals surface area (Å²) < 4.78 is 6.81. The zero-order valence-electron chi connectivity index (χ0n) is 15.7. The van der Waals surface area contributed by atoms with Gasteiger partial charge in [0.05, 0.1) is 21.6 Å². The molecule has 1 aromatic rings. The van der Waals surface area contributed by atoms with Crippen molar-refractivity contribution in [3.63, 3.8) is 0 Å². The molecule has 2 saturated heterocycles. The van der Waals surface area contributed by atoms with Crippen LogP contribution < -0.4 is 0 Å². The number of aryl methyl sites for hydroxylation is 1. The lowest BCUT2D eigenvalue weighted by Gasteiger charge is -2.39. The van der Waals surface area contributed by atoms with Crippen LogP contribution in [-0.4, -0.2) is 60.6 Å². The Morgan fingerprint density at radius 1 is 1.20 bits per heavy atom. The van der Waals surface area contributed by atoms with E-state index in [1.165, 1.54) is 4.88 Å². The smallest absolute Gasteiger partial charge is 0.256 e. The number of carbonyl (C=O) groups excluding carboxylic acids is 1. The van der Waals surface area contributed by atoms with E-state index < -0.39 is 0 Å². The molecule has 0 radical (unpaired) electrons. The Labute approximate surface area is 163 Å². The second-order valence-electron chi connectivity index (χ2n) is 7.64. The zero-order valence-corrected chi connectivity index (χ0v) is 18.1. The second kappa shape index (κ2) is 8.07. The fraction of sp³-hybridized carbons (Fsp3) is 0.737. The molecule has 25 heavy (non-hydrogen) atoms. The van der Waals surface area contributed by atoms with Gasteiger partial charge in [-0.05, 0) is 67.9 Å². The van der Waals surface area contributed by atoms with E-state index >= 15 is 0 Å². The van der Waals surface area contributed by atoms with Gasteiger partial charge in [0.15, 0.2) is 0 Å². The Morgan fingerprint density at radius 3 is 2.32 bits per heavy atom. The normalized spacial score (nSPS) is 26.2. The Morgan fingerprint density at radius 2 is 1.80 bits per heavy atom. The molecule has 3 rings (SSSR count). The number of morpholine rings is 1. The molecule has 0 N–H and O–H groups in total. The summed E-state index contributed by atoms with van der Waals surface area (Å²) in [5.74, 6) is 0.885. The minimum atomic E-state index is 0.195. The van der Waals surface area contributed by atoms with Gasteiger partial charge in [0.25, 0.3) is 5.91 Å².